The maximum absolute atomic E-state index is 11.7. The van der Waals surface area contributed by atoms with Crippen molar-refractivity contribution < 1.29 is 32.5 Å². The third-order valence-corrected chi connectivity index (χ3v) is 2.55. The Morgan fingerprint density at radius 2 is 2.19 bits per heavy atom. The Labute approximate surface area is 90.3 Å². The molecule has 1 aliphatic heterocycles. The number of carboxylic acid groups (broad SMARTS) is 1. The van der Waals surface area contributed by atoms with Gasteiger partial charge in [-0.15, -0.1) is 0 Å². The molecule has 16 heavy (non-hydrogen) atoms. The largest absolute Gasteiger partial charge is 0.481 e. The molecule has 1 saturated heterocycles. The van der Waals surface area contributed by atoms with Gasteiger partial charge in [-0.05, 0) is 12.8 Å². The van der Waals surface area contributed by atoms with Gasteiger partial charge in [0.05, 0.1) is 12.0 Å². The lowest BCUT2D eigenvalue weighted by molar-refractivity contribution is -0.176. The van der Waals surface area contributed by atoms with E-state index in [2.05, 4.69) is 4.74 Å². The Kier molecular flexibility index (Phi) is 4.15. The first-order valence-corrected chi connectivity index (χ1v) is 4.81. The Morgan fingerprint density at radius 1 is 1.50 bits per heavy atom. The van der Waals surface area contributed by atoms with Crippen molar-refractivity contribution in [2.45, 2.75) is 19.0 Å². The van der Waals surface area contributed by atoms with Crippen LogP contribution in [0, 0.1) is 5.41 Å². The zero-order valence-electron chi connectivity index (χ0n) is 8.55. The van der Waals surface area contributed by atoms with Gasteiger partial charge in [-0.3, -0.25) is 4.79 Å². The Hall–Kier alpha value is -0.820. The summed E-state index contributed by atoms with van der Waals surface area (Å²) in [5, 5.41) is 8.97. The van der Waals surface area contributed by atoms with E-state index in [9.17, 15) is 18.0 Å². The van der Waals surface area contributed by atoms with E-state index in [1.807, 2.05) is 0 Å². The number of hydrogen-bond acceptors (Lipinski definition) is 3. The molecule has 0 radical (unpaired) electrons. The number of aliphatic carboxylic acids is 1. The molecule has 94 valence electrons. The van der Waals surface area contributed by atoms with Crippen molar-refractivity contribution in [2.24, 2.45) is 5.41 Å². The molecule has 0 bridgehead atoms. The lowest BCUT2D eigenvalue weighted by atomic mass is 9.84. The second-order valence-electron chi connectivity index (χ2n) is 3.81. The second-order valence-corrected chi connectivity index (χ2v) is 3.81. The number of halogens is 3. The summed E-state index contributed by atoms with van der Waals surface area (Å²) >= 11 is 0. The molecule has 0 aromatic rings. The van der Waals surface area contributed by atoms with Gasteiger partial charge in [-0.2, -0.15) is 13.2 Å². The van der Waals surface area contributed by atoms with E-state index in [1.54, 1.807) is 0 Å². The molecular formula is C9H13F3O4. The zero-order chi connectivity index (χ0) is 12.2. The van der Waals surface area contributed by atoms with Crippen LogP contribution in [0.4, 0.5) is 13.2 Å². The van der Waals surface area contributed by atoms with Gasteiger partial charge in [0.25, 0.3) is 0 Å². The van der Waals surface area contributed by atoms with Crippen LogP contribution >= 0.6 is 0 Å². The molecule has 4 nitrogen and oxygen atoms in total. The minimum absolute atomic E-state index is 0.0394. The van der Waals surface area contributed by atoms with Crippen LogP contribution in [0.5, 0.6) is 0 Å². The normalized spacial score (nSPS) is 25.9. The summed E-state index contributed by atoms with van der Waals surface area (Å²) in [6.07, 6.45) is -4.02. The van der Waals surface area contributed by atoms with Crippen molar-refractivity contribution in [1.29, 1.82) is 0 Å². The molecule has 0 saturated carbocycles. The lowest BCUT2D eigenvalue weighted by Gasteiger charge is -2.21. The Balaban J connectivity index is 2.32. The first kappa shape index (κ1) is 13.2. The smallest absolute Gasteiger partial charge is 0.411 e. The van der Waals surface area contributed by atoms with Gasteiger partial charge in [0, 0.05) is 13.2 Å². The minimum atomic E-state index is -4.37. The summed E-state index contributed by atoms with van der Waals surface area (Å²) in [5.41, 5.74) is -1.08. The highest BCUT2D eigenvalue weighted by molar-refractivity contribution is 5.75. The highest BCUT2D eigenvalue weighted by Gasteiger charge is 2.42. The first-order valence-electron chi connectivity index (χ1n) is 4.81. The minimum Gasteiger partial charge on any atom is -0.481 e. The fourth-order valence-corrected chi connectivity index (χ4v) is 1.54. The maximum Gasteiger partial charge on any atom is 0.411 e. The fraction of sp³-hybridized carbons (Fsp3) is 0.889. The van der Waals surface area contributed by atoms with E-state index in [0.29, 0.717) is 13.0 Å². The Bertz CT molecular complexity index is 246. The molecule has 1 aliphatic rings. The number of carbonyl (C=O) groups is 1. The quantitative estimate of drug-likeness (QED) is 0.741. The molecule has 0 aromatic carbocycles. The predicted molar refractivity (Wildman–Crippen MR) is 47.0 cm³/mol. The maximum atomic E-state index is 11.7. The average molecular weight is 242 g/mol. The second kappa shape index (κ2) is 5.01. The SMILES string of the molecule is O=C(O)C1(CCOCC(F)(F)F)CCOC1. The van der Waals surface area contributed by atoms with Crippen LogP contribution in [0.2, 0.25) is 0 Å². The summed E-state index contributed by atoms with van der Waals surface area (Å²) in [6.45, 7) is -1.21. The lowest BCUT2D eigenvalue weighted by Crippen LogP contribution is -2.33. The van der Waals surface area contributed by atoms with Gasteiger partial charge in [-0.25, -0.2) is 0 Å². The summed E-state index contributed by atoms with van der Waals surface area (Å²) in [7, 11) is 0. The van der Waals surface area contributed by atoms with Gasteiger partial charge in [0.1, 0.15) is 6.61 Å². The Morgan fingerprint density at radius 3 is 2.62 bits per heavy atom. The molecular weight excluding hydrogens is 229 g/mol. The molecule has 0 spiro atoms. The molecule has 1 atom stereocenters. The van der Waals surface area contributed by atoms with Crippen molar-refractivity contribution in [1.82, 2.24) is 0 Å². The number of rotatable bonds is 5. The van der Waals surface area contributed by atoms with E-state index in [0.717, 1.165) is 0 Å². The summed E-state index contributed by atoms with van der Waals surface area (Å²) < 4.78 is 44.6. The zero-order valence-corrected chi connectivity index (χ0v) is 8.55. The van der Waals surface area contributed by atoms with Gasteiger partial charge in [0.15, 0.2) is 0 Å². The number of hydrogen-bond donors (Lipinski definition) is 1. The van der Waals surface area contributed by atoms with E-state index in [1.165, 1.54) is 0 Å². The molecule has 7 heteroatoms. The fourth-order valence-electron chi connectivity index (χ4n) is 1.54. The predicted octanol–water partition coefficient (Wildman–Crippen LogP) is 1.45. The van der Waals surface area contributed by atoms with Crippen molar-refractivity contribution in [3.05, 3.63) is 0 Å². The van der Waals surface area contributed by atoms with Crippen LogP contribution in [-0.2, 0) is 14.3 Å². The average Bonchev–Trinajstić information content (AvgIpc) is 2.60. The molecule has 1 rings (SSSR count). The molecule has 1 unspecified atom stereocenters. The third kappa shape index (κ3) is 3.64. The first-order chi connectivity index (χ1) is 7.36. The summed E-state index contributed by atoms with van der Waals surface area (Å²) in [6, 6.07) is 0. The molecule has 1 fully saturated rings. The van der Waals surface area contributed by atoms with E-state index < -0.39 is 24.2 Å². The van der Waals surface area contributed by atoms with Crippen LogP contribution in [0.15, 0.2) is 0 Å². The highest BCUT2D eigenvalue weighted by Crippen LogP contribution is 2.32. The van der Waals surface area contributed by atoms with Crippen LogP contribution in [0.25, 0.3) is 0 Å². The number of alkyl halides is 3. The molecule has 0 aliphatic carbocycles. The molecule has 0 amide bonds. The molecule has 0 aromatic heterocycles. The van der Waals surface area contributed by atoms with E-state index in [-0.39, 0.29) is 19.6 Å². The number of carboxylic acids is 1. The van der Waals surface area contributed by atoms with Crippen molar-refractivity contribution in [3.63, 3.8) is 0 Å². The topological polar surface area (TPSA) is 55.8 Å². The standard InChI is InChI=1S/C9H13F3O4/c10-9(11,12)6-16-4-2-8(7(13)14)1-3-15-5-8/h1-6H2,(H,13,14). The van der Waals surface area contributed by atoms with Crippen molar-refractivity contribution >= 4 is 5.97 Å². The van der Waals surface area contributed by atoms with Crippen LogP contribution in [0.3, 0.4) is 0 Å². The van der Waals surface area contributed by atoms with Crippen LogP contribution in [0.1, 0.15) is 12.8 Å². The van der Waals surface area contributed by atoms with Crippen molar-refractivity contribution in [3.8, 4) is 0 Å². The highest BCUT2D eigenvalue weighted by atomic mass is 19.4. The van der Waals surface area contributed by atoms with Crippen LogP contribution < -0.4 is 0 Å². The van der Waals surface area contributed by atoms with Gasteiger partial charge < -0.3 is 14.6 Å². The van der Waals surface area contributed by atoms with E-state index >= 15 is 0 Å². The molecule has 1 N–H and O–H groups in total. The van der Waals surface area contributed by atoms with Gasteiger partial charge in [0.2, 0.25) is 0 Å². The van der Waals surface area contributed by atoms with E-state index in [4.69, 9.17) is 9.84 Å². The summed E-state index contributed by atoms with van der Waals surface area (Å²) in [4.78, 5) is 11.0. The van der Waals surface area contributed by atoms with Crippen molar-refractivity contribution in [2.75, 3.05) is 26.4 Å². The molecule has 1 heterocycles. The van der Waals surface area contributed by atoms with Crippen LogP contribution in [-0.4, -0.2) is 43.7 Å². The number of ether oxygens (including phenoxy) is 2. The third-order valence-electron chi connectivity index (χ3n) is 2.55. The van der Waals surface area contributed by atoms with Gasteiger partial charge in [-0.1, -0.05) is 0 Å². The summed E-state index contributed by atoms with van der Waals surface area (Å²) in [5.74, 6) is -1.04. The van der Waals surface area contributed by atoms with Gasteiger partial charge >= 0.3 is 12.1 Å². The monoisotopic (exact) mass is 242 g/mol.